The van der Waals surface area contributed by atoms with Gasteiger partial charge in [0.25, 0.3) is 11.8 Å². The van der Waals surface area contributed by atoms with Crippen LogP contribution in [0.2, 0.25) is 0 Å². The minimum atomic E-state index is -0.782. The van der Waals surface area contributed by atoms with Crippen molar-refractivity contribution in [1.82, 2.24) is 9.96 Å². The number of likely N-dealkylation sites (tertiary alicyclic amines) is 1. The molecule has 1 aromatic carbocycles. The van der Waals surface area contributed by atoms with Crippen molar-refractivity contribution in [2.45, 2.75) is 12.5 Å². The van der Waals surface area contributed by atoms with Gasteiger partial charge in [0.15, 0.2) is 0 Å². The van der Waals surface area contributed by atoms with Gasteiger partial charge in [0.05, 0.1) is 23.1 Å². The number of benzene rings is 1. The summed E-state index contributed by atoms with van der Waals surface area (Å²) in [6, 6.07) is 9.48. The van der Waals surface area contributed by atoms with E-state index < -0.39 is 29.7 Å². The van der Waals surface area contributed by atoms with E-state index in [1.54, 1.807) is 19.2 Å². The summed E-state index contributed by atoms with van der Waals surface area (Å²) in [7, 11) is 1.63. The largest absolute Gasteiger partial charge is 0.339 e. The summed E-state index contributed by atoms with van der Waals surface area (Å²) >= 11 is 1.43. The lowest BCUT2D eigenvalue weighted by Gasteiger charge is -2.23. The van der Waals surface area contributed by atoms with Gasteiger partial charge in [-0.05, 0) is 23.6 Å². The summed E-state index contributed by atoms with van der Waals surface area (Å²) in [6.07, 6.45) is -0.0267. The molecule has 132 valence electrons. The second-order valence-electron chi connectivity index (χ2n) is 6.14. The van der Waals surface area contributed by atoms with Crippen molar-refractivity contribution >= 4 is 35.0 Å². The minimum Gasteiger partial charge on any atom is -0.337 e. The van der Waals surface area contributed by atoms with Gasteiger partial charge in [-0.2, -0.15) is 0 Å². The molecule has 7 nitrogen and oxygen atoms in total. The van der Waals surface area contributed by atoms with Crippen molar-refractivity contribution in [1.29, 1.82) is 0 Å². The van der Waals surface area contributed by atoms with Crippen LogP contribution < -0.4 is 0 Å². The second kappa shape index (κ2) is 6.06. The highest BCUT2D eigenvalue weighted by Crippen LogP contribution is 2.40. The highest BCUT2D eigenvalue weighted by Gasteiger charge is 2.47. The number of fused-ring (bicyclic) bond motifs is 1. The predicted molar refractivity (Wildman–Crippen MR) is 91.0 cm³/mol. The molecule has 0 spiro atoms. The molecule has 3 heterocycles. The van der Waals surface area contributed by atoms with Crippen LogP contribution in [0.15, 0.2) is 41.8 Å². The Hall–Kier alpha value is -3.00. The molecule has 2 aliphatic heterocycles. The molecule has 2 aromatic rings. The van der Waals surface area contributed by atoms with E-state index in [0.29, 0.717) is 5.06 Å². The van der Waals surface area contributed by atoms with Gasteiger partial charge in [0.1, 0.15) is 0 Å². The smallest absolute Gasteiger partial charge is 0.337 e. The van der Waals surface area contributed by atoms with E-state index >= 15 is 0 Å². The zero-order chi connectivity index (χ0) is 18.4. The highest BCUT2D eigenvalue weighted by molar-refractivity contribution is 7.10. The fourth-order valence-electron chi connectivity index (χ4n) is 3.34. The van der Waals surface area contributed by atoms with Crippen LogP contribution >= 0.6 is 11.3 Å². The van der Waals surface area contributed by atoms with Gasteiger partial charge in [0, 0.05) is 18.3 Å². The van der Waals surface area contributed by atoms with Crippen molar-refractivity contribution in [2.24, 2.45) is 5.92 Å². The molecule has 2 unspecified atom stereocenters. The highest BCUT2D eigenvalue weighted by atomic mass is 32.1. The van der Waals surface area contributed by atoms with E-state index in [0.717, 1.165) is 4.88 Å². The SMILES string of the molecule is CN1C(=O)CC(C(=O)ON2C(=O)c3ccccc3C2=O)C1c1cccs1. The number of carbonyl (C=O) groups excluding carboxylic acids is 4. The lowest BCUT2D eigenvalue weighted by Crippen LogP contribution is -2.36. The van der Waals surface area contributed by atoms with Crippen molar-refractivity contribution in [3.63, 3.8) is 0 Å². The Morgan fingerprint density at radius 3 is 2.31 bits per heavy atom. The maximum atomic E-state index is 12.7. The average Bonchev–Trinajstić information content (AvgIpc) is 3.32. The zero-order valence-electron chi connectivity index (χ0n) is 13.7. The number of carbonyl (C=O) groups is 4. The molecule has 3 amide bonds. The summed E-state index contributed by atoms with van der Waals surface area (Å²) in [5.74, 6) is -3.09. The topological polar surface area (TPSA) is 84.0 Å². The Morgan fingerprint density at radius 2 is 1.73 bits per heavy atom. The Morgan fingerprint density at radius 1 is 1.08 bits per heavy atom. The van der Waals surface area contributed by atoms with Crippen LogP contribution in [0.25, 0.3) is 0 Å². The van der Waals surface area contributed by atoms with Crippen LogP contribution in [0.3, 0.4) is 0 Å². The third-order valence-corrected chi connectivity index (χ3v) is 5.60. The standard InChI is InChI=1S/C18H14N2O5S/c1-19-14(21)9-12(15(19)13-7-4-8-26-13)18(24)25-20-16(22)10-5-2-3-6-11(10)17(20)23/h2-8,12,15H,9H2,1H3. The monoisotopic (exact) mass is 370 g/mol. The zero-order valence-corrected chi connectivity index (χ0v) is 14.6. The third-order valence-electron chi connectivity index (χ3n) is 4.66. The summed E-state index contributed by atoms with van der Waals surface area (Å²) in [6.45, 7) is 0. The molecule has 0 N–H and O–H groups in total. The van der Waals surface area contributed by atoms with Crippen LogP contribution in [0.5, 0.6) is 0 Å². The average molecular weight is 370 g/mol. The molecule has 26 heavy (non-hydrogen) atoms. The summed E-state index contributed by atoms with van der Waals surface area (Å²) < 4.78 is 0. The molecule has 0 radical (unpaired) electrons. The van der Waals surface area contributed by atoms with Gasteiger partial charge < -0.3 is 9.74 Å². The first kappa shape index (κ1) is 16.5. The Balaban J connectivity index is 1.58. The summed E-state index contributed by atoms with van der Waals surface area (Å²) in [4.78, 5) is 57.0. The third kappa shape index (κ3) is 2.41. The Bertz CT molecular complexity index is 888. The predicted octanol–water partition coefficient (Wildman–Crippen LogP) is 2.02. The number of hydrogen-bond donors (Lipinski definition) is 0. The van der Waals surface area contributed by atoms with Gasteiger partial charge in [-0.1, -0.05) is 23.3 Å². The second-order valence-corrected chi connectivity index (χ2v) is 7.12. The van der Waals surface area contributed by atoms with E-state index in [2.05, 4.69) is 0 Å². The number of amides is 3. The molecule has 0 bridgehead atoms. The number of imide groups is 1. The van der Waals surface area contributed by atoms with Crippen LogP contribution in [-0.4, -0.2) is 40.7 Å². The number of thiophene rings is 1. The van der Waals surface area contributed by atoms with Gasteiger partial charge in [-0.3, -0.25) is 14.4 Å². The van der Waals surface area contributed by atoms with E-state index in [1.807, 2.05) is 17.5 Å². The first-order valence-corrected chi connectivity index (χ1v) is 8.85. The summed E-state index contributed by atoms with van der Waals surface area (Å²) in [5, 5.41) is 2.35. The molecule has 8 heteroatoms. The van der Waals surface area contributed by atoms with E-state index in [1.165, 1.54) is 28.4 Å². The maximum Gasteiger partial charge on any atom is 0.339 e. The first-order valence-electron chi connectivity index (χ1n) is 7.97. The Labute approximate surface area is 152 Å². The molecule has 1 aromatic heterocycles. The van der Waals surface area contributed by atoms with Crippen molar-refractivity contribution in [3.05, 3.63) is 57.8 Å². The first-order chi connectivity index (χ1) is 12.5. The molecular formula is C18H14N2O5S. The number of nitrogens with zero attached hydrogens (tertiary/aromatic N) is 2. The van der Waals surface area contributed by atoms with E-state index in [-0.39, 0.29) is 23.5 Å². The van der Waals surface area contributed by atoms with Gasteiger partial charge in [0.2, 0.25) is 5.91 Å². The van der Waals surface area contributed by atoms with E-state index in [4.69, 9.17) is 4.84 Å². The number of hydroxylamine groups is 2. The van der Waals surface area contributed by atoms with Crippen molar-refractivity contribution in [2.75, 3.05) is 7.05 Å². The quantitative estimate of drug-likeness (QED) is 0.772. The van der Waals surface area contributed by atoms with E-state index in [9.17, 15) is 19.2 Å². The fourth-order valence-corrected chi connectivity index (χ4v) is 4.27. The number of rotatable bonds is 3. The molecule has 0 aliphatic carbocycles. The minimum absolute atomic E-state index is 0.0267. The van der Waals surface area contributed by atoms with Crippen LogP contribution in [0.4, 0.5) is 0 Å². The molecule has 1 saturated heterocycles. The molecule has 0 saturated carbocycles. The number of hydrogen-bond acceptors (Lipinski definition) is 6. The fraction of sp³-hybridized carbons (Fsp3) is 0.222. The molecular weight excluding hydrogens is 356 g/mol. The van der Waals surface area contributed by atoms with Crippen molar-refractivity contribution in [3.8, 4) is 0 Å². The normalized spacial score (nSPS) is 22.1. The van der Waals surface area contributed by atoms with Gasteiger partial charge in [-0.25, -0.2) is 4.79 Å². The Kier molecular flexibility index (Phi) is 3.84. The van der Waals surface area contributed by atoms with Crippen molar-refractivity contribution < 1.29 is 24.0 Å². The van der Waals surface area contributed by atoms with Crippen LogP contribution in [0, 0.1) is 5.92 Å². The lowest BCUT2D eigenvalue weighted by molar-refractivity contribution is -0.174. The molecule has 4 rings (SSSR count). The molecule has 2 atom stereocenters. The summed E-state index contributed by atoms with van der Waals surface area (Å²) in [5.41, 5.74) is 0.388. The maximum absolute atomic E-state index is 12.7. The van der Waals surface area contributed by atoms with Crippen LogP contribution in [0.1, 0.15) is 38.1 Å². The molecule has 2 aliphatic rings. The van der Waals surface area contributed by atoms with Gasteiger partial charge in [-0.15, -0.1) is 11.3 Å². The lowest BCUT2D eigenvalue weighted by atomic mass is 9.99. The van der Waals surface area contributed by atoms with Gasteiger partial charge >= 0.3 is 5.97 Å². The molecule has 1 fully saturated rings. The van der Waals surface area contributed by atoms with Crippen LogP contribution in [-0.2, 0) is 14.4 Å².